The van der Waals surface area contributed by atoms with Crippen molar-refractivity contribution in [1.29, 1.82) is 0 Å². The third-order valence-electron chi connectivity index (χ3n) is 2.20. The van der Waals surface area contributed by atoms with E-state index in [1.54, 1.807) is 13.0 Å². The molecule has 14 heavy (non-hydrogen) atoms. The van der Waals surface area contributed by atoms with Gasteiger partial charge in [-0.3, -0.25) is 0 Å². The SMILES string of the molecule is Cc1ccc(F)c(O)c1[C@H](N)CCO. The van der Waals surface area contributed by atoms with E-state index < -0.39 is 17.6 Å². The minimum Gasteiger partial charge on any atom is -0.505 e. The van der Waals surface area contributed by atoms with E-state index in [0.29, 0.717) is 12.0 Å². The number of hydrogen-bond donors (Lipinski definition) is 3. The molecule has 0 unspecified atom stereocenters. The molecule has 3 nitrogen and oxygen atoms in total. The summed E-state index contributed by atoms with van der Waals surface area (Å²) in [4.78, 5) is 0. The second kappa shape index (κ2) is 4.39. The molecule has 0 fully saturated rings. The fourth-order valence-corrected chi connectivity index (χ4v) is 1.43. The topological polar surface area (TPSA) is 66.5 Å². The summed E-state index contributed by atoms with van der Waals surface area (Å²) in [6.07, 6.45) is 0.303. The van der Waals surface area contributed by atoms with Crippen molar-refractivity contribution in [2.45, 2.75) is 19.4 Å². The lowest BCUT2D eigenvalue weighted by Crippen LogP contribution is -2.14. The lowest BCUT2D eigenvalue weighted by molar-refractivity contribution is 0.275. The highest BCUT2D eigenvalue weighted by molar-refractivity contribution is 5.41. The summed E-state index contributed by atoms with van der Waals surface area (Å²) < 4.78 is 13.0. The standard InChI is InChI=1S/C10H14FNO2/c1-6-2-3-7(11)10(14)9(6)8(12)4-5-13/h2-3,8,13-14H,4-5,12H2,1H3/t8-/m1/s1. The fraction of sp³-hybridized carbons (Fsp3) is 0.400. The van der Waals surface area contributed by atoms with E-state index >= 15 is 0 Å². The lowest BCUT2D eigenvalue weighted by atomic mass is 9.98. The number of phenolic OH excluding ortho intramolecular Hbond substituents is 1. The minimum absolute atomic E-state index is 0.0867. The summed E-state index contributed by atoms with van der Waals surface area (Å²) in [5, 5.41) is 18.1. The van der Waals surface area contributed by atoms with Crippen molar-refractivity contribution in [2.75, 3.05) is 6.61 Å². The van der Waals surface area contributed by atoms with Gasteiger partial charge in [0.2, 0.25) is 0 Å². The van der Waals surface area contributed by atoms with Crippen LogP contribution >= 0.6 is 0 Å². The van der Waals surface area contributed by atoms with Crippen LogP contribution in [-0.2, 0) is 0 Å². The third kappa shape index (κ3) is 2.02. The van der Waals surface area contributed by atoms with Crippen molar-refractivity contribution in [3.8, 4) is 5.75 Å². The van der Waals surface area contributed by atoms with E-state index in [4.69, 9.17) is 10.8 Å². The molecule has 1 aromatic carbocycles. The second-order valence-electron chi connectivity index (χ2n) is 3.25. The summed E-state index contributed by atoms with van der Waals surface area (Å²) in [6, 6.07) is 2.22. The van der Waals surface area contributed by atoms with Crippen molar-refractivity contribution < 1.29 is 14.6 Å². The molecule has 78 valence electrons. The summed E-state index contributed by atoms with van der Waals surface area (Å²) in [7, 11) is 0. The maximum Gasteiger partial charge on any atom is 0.165 e. The van der Waals surface area contributed by atoms with Gasteiger partial charge in [0.15, 0.2) is 11.6 Å². The molecule has 0 saturated carbocycles. The molecule has 0 heterocycles. The smallest absolute Gasteiger partial charge is 0.165 e. The van der Waals surface area contributed by atoms with Gasteiger partial charge in [-0.15, -0.1) is 0 Å². The molecule has 1 atom stereocenters. The number of aryl methyl sites for hydroxylation is 1. The highest BCUT2D eigenvalue weighted by Gasteiger charge is 2.16. The highest BCUT2D eigenvalue weighted by atomic mass is 19.1. The van der Waals surface area contributed by atoms with Crippen molar-refractivity contribution in [1.82, 2.24) is 0 Å². The summed E-state index contributed by atoms with van der Waals surface area (Å²) >= 11 is 0. The largest absolute Gasteiger partial charge is 0.505 e. The zero-order valence-corrected chi connectivity index (χ0v) is 8.00. The van der Waals surface area contributed by atoms with Gasteiger partial charge in [0.05, 0.1) is 0 Å². The van der Waals surface area contributed by atoms with Crippen LogP contribution in [0.5, 0.6) is 5.75 Å². The molecule has 4 N–H and O–H groups in total. The average Bonchev–Trinajstić information content (AvgIpc) is 2.13. The Bertz CT molecular complexity index is 328. The molecule has 0 aliphatic carbocycles. The summed E-state index contributed by atoms with van der Waals surface area (Å²) in [6.45, 7) is 1.66. The van der Waals surface area contributed by atoms with Gasteiger partial charge in [0.25, 0.3) is 0 Å². The molecular formula is C10H14FNO2. The van der Waals surface area contributed by atoms with Crippen LogP contribution < -0.4 is 5.73 Å². The van der Waals surface area contributed by atoms with Crippen LogP contribution in [0.25, 0.3) is 0 Å². The van der Waals surface area contributed by atoms with Crippen LogP contribution in [0.1, 0.15) is 23.6 Å². The van der Waals surface area contributed by atoms with Crippen molar-refractivity contribution in [3.05, 3.63) is 29.1 Å². The van der Waals surface area contributed by atoms with Gasteiger partial charge in [0, 0.05) is 18.2 Å². The number of halogens is 1. The molecule has 1 aromatic rings. The number of rotatable bonds is 3. The van der Waals surface area contributed by atoms with E-state index in [1.165, 1.54) is 6.07 Å². The van der Waals surface area contributed by atoms with Crippen molar-refractivity contribution in [3.63, 3.8) is 0 Å². The fourth-order valence-electron chi connectivity index (χ4n) is 1.43. The van der Waals surface area contributed by atoms with Gasteiger partial charge >= 0.3 is 0 Å². The molecule has 0 spiro atoms. The number of benzene rings is 1. The van der Waals surface area contributed by atoms with Gasteiger partial charge in [-0.2, -0.15) is 0 Å². The van der Waals surface area contributed by atoms with Crippen molar-refractivity contribution >= 4 is 0 Å². The van der Waals surface area contributed by atoms with Gasteiger partial charge in [-0.25, -0.2) is 4.39 Å². The first-order valence-electron chi connectivity index (χ1n) is 4.42. The van der Waals surface area contributed by atoms with Crippen LogP contribution in [0.4, 0.5) is 4.39 Å². The Hall–Kier alpha value is -1.13. The quantitative estimate of drug-likeness (QED) is 0.685. The van der Waals surface area contributed by atoms with Crippen LogP contribution in [0.2, 0.25) is 0 Å². The van der Waals surface area contributed by atoms with E-state index in [9.17, 15) is 9.50 Å². The first-order chi connectivity index (χ1) is 6.57. The van der Waals surface area contributed by atoms with Gasteiger partial charge < -0.3 is 15.9 Å². The lowest BCUT2D eigenvalue weighted by Gasteiger charge is -2.15. The number of nitrogens with two attached hydrogens (primary N) is 1. The predicted octanol–water partition coefficient (Wildman–Crippen LogP) is 1.22. The Morgan fingerprint density at radius 1 is 1.50 bits per heavy atom. The Kier molecular flexibility index (Phi) is 3.43. The zero-order valence-electron chi connectivity index (χ0n) is 8.00. The molecule has 1 rings (SSSR count). The molecule has 0 aromatic heterocycles. The Morgan fingerprint density at radius 3 is 2.71 bits per heavy atom. The Morgan fingerprint density at radius 2 is 2.14 bits per heavy atom. The molecule has 0 bridgehead atoms. The maximum atomic E-state index is 13.0. The first-order valence-corrected chi connectivity index (χ1v) is 4.42. The van der Waals surface area contributed by atoms with E-state index in [2.05, 4.69) is 0 Å². The van der Waals surface area contributed by atoms with Crippen LogP contribution in [-0.4, -0.2) is 16.8 Å². The number of hydrogen-bond acceptors (Lipinski definition) is 3. The number of aromatic hydroxyl groups is 1. The van der Waals surface area contributed by atoms with Crippen LogP contribution in [0, 0.1) is 12.7 Å². The predicted molar refractivity (Wildman–Crippen MR) is 51.4 cm³/mol. The monoisotopic (exact) mass is 199 g/mol. The first kappa shape index (κ1) is 10.9. The van der Waals surface area contributed by atoms with Crippen molar-refractivity contribution in [2.24, 2.45) is 5.73 Å². The molecule has 4 heteroatoms. The van der Waals surface area contributed by atoms with Crippen LogP contribution in [0.15, 0.2) is 12.1 Å². The molecular weight excluding hydrogens is 185 g/mol. The molecule has 0 aliphatic heterocycles. The summed E-state index contributed by atoms with van der Waals surface area (Å²) in [5.41, 5.74) is 6.79. The Balaban J connectivity index is 3.11. The molecule has 0 saturated heterocycles. The van der Waals surface area contributed by atoms with E-state index in [1.807, 2.05) is 0 Å². The maximum absolute atomic E-state index is 13.0. The van der Waals surface area contributed by atoms with Gasteiger partial charge in [-0.05, 0) is 25.0 Å². The van der Waals surface area contributed by atoms with E-state index in [-0.39, 0.29) is 6.61 Å². The molecule has 0 radical (unpaired) electrons. The molecule has 0 aliphatic rings. The van der Waals surface area contributed by atoms with Gasteiger partial charge in [0.1, 0.15) is 0 Å². The number of aliphatic hydroxyl groups is 1. The number of aliphatic hydroxyl groups excluding tert-OH is 1. The van der Waals surface area contributed by atoms with E-state index in [0.717, 1.165) is 5.56 Å². The zero-order chi connectivity index (χ0) is 10.7. The normalized spacial score (nSPS) is 12.9. The number of phenols is 1. The second-order valence-corrected chi connectivity index (χ2v) is 3.25. The summed E-state index contributed by atoms with van der Waals surface area (Å²) in [5.74, 6) is -1.09. The van der Waals surface area contributed by atoms with Crippen LogP contribution in [0.3, 0.4) is 0 Å². The Labute approximate surface area is 82.0 Å². The average molecular weight is 199 g/mol. The molecule has 0 amide bonds. The highest BCUT2D eigenvalue weighted by Crippen LogP contribution is 2.30. The minimum atomic E-state index is -0.681. The van der Waals surface area contributed by atoms with Gasteiger partial charge in [-0.1, -0.05) is 6.07 Å². The third-order valence-corrected chi connectivity index (χ3v) is 2.20.